The van der Waals surface area contributed by atoms with Crippen LogP contribution in [0, 0.1) is 19.3 Å². The number of carbonyl (C=O) groups is 1. The van der Waals surface area contributed by atoms with Gasteiger partial charge in [-0.05, 0) is 44.6 Å². The topological polar surface area (TPSA) is 42.2 Å². The third-order valence-corrected chi connectivity index (χ3v) is 3.59. The highest BCUT2D eigenvalue weighted by atomic mass is 16.3. The predicted molar refractivity (Wildman–Crippen MR) is 67.1 cm³/mol. The summed E-state index contributed by atoms with van der Waals surface area (Å²) < 4.78 is 5.38. The van der Waals surface area contributed by atoms with Crippen LogP contribution in [-0.4, -0.2) is 11.9 Å². The molecule has 2 rings (SSSR count). The van der Waals surface area contributed by atoms with Crippen molar-refractivity contribution in [1.29, 1.82) is 0 Å². The maximum absolute atomic E-state index is 12.1. The maximum Gasteiger partial charge on any atom is 0.255 e. The zero-order valence-electron chi connectivity index (χ0n) is 11.1. The molecule has 0 spiro atoms. The number of aryl methyl sites for hydroxylation is 2. The van der Waals surface area contributed by atoms with Gasteiger partial charge in [0.05, 0.1) is 5.56 Å². The number of hydrogen-bond donors (Lipinski definition) is 1. The number of carbonyl (C=O) groups excluding carboxylic acids is 1. The summed E-state index contributed by atoms with van der Waals surface area (Å²) in [7, 11) is 0. The summed E-state index contributed by atoms with van der Waals surface area (Å²) in [4.78, 5) is 12.1. The zero-order valence-corrected chi connectivity index (χ0v) is 11.1. The molecule has 0 aliphatic heterocycles. The zero-order chi connectivity index (χ0) is 12.6. The molecule has 0 aromatic carbocycles. The van der Waals surface area contributed by atoms with E-state index < -0.39 is 0 Å². The molecule has 1 aromatic rings. The minimum atomic E-state index is 0.00190. The molecule has 0 bridgehead atoms. The summed E-state index contributed by atoms with van der Waals surface area (Å²) in [5.74, 6) is 1.50. The van der Waals surface area contributed by atoms with Crippen molar-refractivity contribution in [2.24, 2.45) is 5.41 Å². The fraction of sp³-hybridized carbons (Fsp3) is 0.643. The largest absolute Gasteiger partial charge is 0.466 e. The molecule has 3 heteroatoms. The lowest BCUT2D eigenvalue weighted by Crippen LogP contribution is -2.33. The highest BCUT2D eigenvalue weighted by Crippen LogP contribution is 2.37. The molecule has 1 amide bonds. The van der Waals surface area contributed by atoms with Crippen LogP contribution in [0.4, 0.5) is 0 Å². The summed E-state index contributed by atoms with van der Waals surface area (Å²) in [6.45, 7) is 8.21. The Balaban J connectivity index is 2.01. The lowest BCUT2D eigenvalue weighted by atomic mass is 9.92. The van der Waals surface area contributed by atoms with Crippen LogP contribution in [0.5, 0.6) is 0 Å². The van der Waals surface area contributed by atoms with Gasteiger partial charge in [0, 0.05) is 6.04 Å². The quantitative estimate of drug-likeness (QED) is 0.855. The maximum atomic E-state index is 12.1. The SMILES string of the molecule is Cc1cc(C(=O)NC2CCC(C)(C)C2)c(C)o1. The summed E-state index contributed by atoms with van der Waals surface area (Å²) >= 11 is 0. The molecule has 1 atom stereocenters. The second kappa shape index (κ2) is 4.21. The van der Waals surface area contributed by atoms with E-state index in [9.17, 15) is 4.79 Å². The molecule has 1 saturated carbocycles. The highest BCUT2D eigenvalue weighted by Gasteiger charge is 2.32. The van der Waals surface area contributed by atoms with Gasteiger partial charge < -0.3 is 9.73 Å². The van der Waals surface area contributed by atoms with E-state index in [1.54, 1.807) is 0 Å². The first kappa shape index (κ1) is 12.2. The summed E-state index contributed by atoms with van der Waals surface area (Å²) in [6, 6.07) is 2.12. The second-order valence-corrected chi connectivity index (χ2v) is 5.90. The molecule has 0 saturated heterocycles. The van der Waals surface area contributed by atoms with Crippen molar-refractivity contribution in [2.75, 3.05) is 0 Å². The van der Waals surface area contributed by atoms with Crippen LogP contribution < -0.4 is 5.32 Å². The van der Waals surface area contributed by atoms with Gasteiger partial charge in [0.15, 0.2) is 0 Å². The van der Waals surface area contributed by atoms with E-state index >= 15 is 0 Å². The molecular weight excluding hydrogens is 214 g/mol. The molecule has 17 heavy (non-hydrogen) atoms. The molecule has 1 N–H and O–H groups in total. The average molecular weight is 235 g/mol. The van der Waals surface area contributed by atoms with E-state index in [1.165, 1.54) is 6.42 Å². The van der Waals surface area contributed by atoms with Gasteiger partial charge in [-0.3, -0.25) is 4.79 Å². The smallest absolute Gasteiger partial charge is 0.255 e. The van der Waals surface area contributed by atoms with Crippen molar-refractivity contribution in [2.45, 2.75) is 53.0 Å². The Labute approximate surface area is 103 Å². The lowest BCUT2D eigenvalue weighted by molar-refractivity contribution is 0.0934. The second-order valence-electron chi connectivity index (χ2n) is 5.90. The lowest BCUT2D eigenvalue weighted by Gasteiger charge is -2.17. The third kappa shape index (κ3) is 2.71. The fourth-order valence-electron chi connectivity index (χ4n) is 2.68. The number of furan rings is 1. The standard InChI is InChI=1S/C14H21NO2/c1-9-7-12(10(2)17-9)13(16)15-11-5-6-14(3,4)8-11/h7,11H,5-6,8H2,1-4H3,(H,15,16). The Morgan fingerprint density at radius 3 is 2.65 bits per heavy atom. The normalized spacial score (nSPS) is 22.7. The van der Waals surface area contributed by atoms with Gasteiger partial charge in [-0.25, -0.2) is 0 Å². The van der Waals surface area contributed by atoms with Crippen LogP contribution in [0.1, 0.15) is 55.0 Å². The first-order valence-electron chi connectivity index (χ1n) is 6.25. The summed E-state index contributed by atoms with van der Waals surface area (Å²) in [6.07, 6.45) is 3.32. The predicted octanol–water partition coefficient (Wildman–Crippen LogP) is 3.20. The third-order valence-electron chi connectivity index (χ3n) is 3.59. The highest BCUT2D eigenvalue weighted by molar-refractivity contribution is 5.95. The van der Waals surface area contributed by atoms with E-state index in [1.807, 2.05) is 19.9 Å². The first-order chi connectivity index (χ1) is 7.87. The molecular formula is C14H21NO2. The molecule has 3 nitrogen and oxygen atoms in total. The molecule has 1 aliphatic carbocycles. The van der Waals surface area contributed by atoms with E-state index in [0.717, 1.165) is 18.6 Å². The Morgan fingerprint density at radius 2 is 2.18 bits per heavy atom. The van der Waals surface area contributed by atoms with E-state index in [4.69, 9.17) is 4.42 Å². The molecule has 1 fully saturated rings. The van der Waals surface area contributed by atoms with Gasteiger partial charge in [-0.2, -0.15) is 0 Å². The van der Waals surface area contributed by atoms with Crippen molar-refractivity contribution in [3.63, 3.8) is 0 Å². The van der Waals surface area contributed by atoms with Crippen LogP contribution in [0.15, 0.2) is 10.5 Å². The number of nitrogens with one attached hydrogen (secondary N) is 1. The van der Waals surface area contributed by atoms with Gasteiger partial charge in [-0.1, -0.05) is 13.8 Å². The Bertz CT molecular complexity index is 431. The van der Waals surface area contributed by atoms with Crippen LogP contribution in [0.3, 0.4) is 0 Å². The van der Waals surface area contributed by atoms with Crippen LogP contribution >= 0.6 is 0 Å². The minimum Gasteiger partial charge on any atom is -0.466 e. The molecule has 1 unspecified atom stereocenters. The Morgan fingerprint density at radius 1 is 1.47 bits per heavy atom. The molecule has 94 valence electrons. The van der Waals surface area contributed by atoms with E-state index in [0.29, 0.717) is 22.8 Å². The van der Waals surface area contributed by atoms with Gasteiger partial charge in [0.1, 0.15) is 11.5 Å². The van der Waals surface area contributed by atoms with Gasteiger partial charge in [0.2, 0.25) is 0 Å². The van der Waals surface area contributed by atoms with Gasteiger partial charge in [0.25, 0.3) is 5.91 Å². The van der Waals surface area contributed by atoms with Gasteiger partial charge in [-0.15, -0.1) is 0 Å². The first-order valence-corrected chi connectivity index (χ1v) is 6.25. The number of hydrogen-bond acceptors (Lipinski definition) is 2. The van der Waals surface area contributed by atoms with Crippen LogP contribution in [0.25, 0.3) is 0 Å². The van der Waals surface area contributed by atoms with Crippen molar-refractivity contribution in [3.05, 3.63) is 23.2 Å². The summed E-state index contributed by atoms with van der Waals surface area (Å²) in [5.41, 5.74) is 1.03. The van der Waals surface area contributed by atoms with Crippen molar-refractivity contribution in [1.82, 2.24) is 5.32 Å². The fourth-order valence-corrected chi connectivity index (χ4v) is 2.68. The van der Waals surface area contributed by atoms with Crippen molar-refractivity contribution >= 4 is 5.91 Å². The van der Waals surface area contributed by atoms with Crippen LogP contribution in [-0.2, 0) is 0 Å². The van der Waals surface area contributed by atoms with Crippen molar-refractivity contribution < 1.29 is 9.21 Å². The average Bonchev–Trinajstić information content (AvgIpc) is 2.69. The molecule has 1 heterocycles. The molecule has 1 aliphatic rings. The number of amides is 1. The monoisotopic (exact) mass is 235 g/mol. The van der Waals surface area contributed by atoms with Crippen molar-refractivity contribution in [3.8, 4) is 0 Å². The van der Waals surface area contributed by atoms with E-state index in [2.05, 4.69) is 19.2 Å². The Hall–Kier alpha value is -1.25. The number of rotatable bonds is 2. The van der Waals surface area contributed by atoms with Gasteiger partial charge >= 0.3 is 0 Å². The van der Waals surface area contributed by atoms with E-state index in [-0.39, 0.29) is 5.91 Å². The summed E-state index contributed by atoms with van der Waals surface area (Å²) in [5, 5.41) is 3.11. The minimum absolute atomic E-state index is 0.00190. The molecule has 0 radical (unpaired) electrons. The Kier molecular flexibility index (Phi) is 3.02. The molecule has 1 aromatic heterocycles. The van der Waals surface area contributed by atoms with Crippen LogP contribution in [0.2, 0.25) is 0 Å².